The second-order valence-corrected chi connectivity index (χ2v) is 6.73. The lowest BCUT2D eigenvalue weighted by atomic mass is 9.99. The number of halogens is 3. The number of alkyl halides is 3. The predicted molar refractivity (Wildman–Crippen MR) is 88.7 cm³/mol. The largest absolute Gasteiger partial charge is 0.490 e. The number of likely N-dealkylation sites (tertiary alicyclic amines) is 1. The van der Waals surface area contributed by atoms with Gasteiger partial charge in [0, 0.05) is 46.1 Å². The number of morpholine rings is 1. The van der Waals surface area contributed by atoms with Gasteiger partial charge >= 0.3 is 12.1 Å². The Morgan fingerprint density at radius 1 is 1.37 bits per heavy atom. The third-order valence-corrected chi connectivity index (χ3v) is 4.36. The first-order valence-electron chi connectivity index (χ1n) is 8.36. The molecule has 3 heterocycles. The number of ether oxygens (including phenoxy) is 1. The number of aromatic nitrogens is 1. The van der Waals surface area contributed by atoms with Crippen molar-refractivity contribution in [3.63, 3.8) is 0 Å². The number of hydrogen-bond acceptors (Lipinski definition) is 5. The second kappa shape index (κ2) is 8.66. The first-order chi connectivity index (χ1) is 12.6. The molecule has 2 saturated heterocycles. The van der Waals surface area contributed by atoms with Crippen LogP contribution in [-0.4, -0.2) is 77.3 Å². The van der Waals surface area contributed by atoms with Crippen molar-refractivity contribution in [1.82, 2.24) is 14.8 Å². The predicted octanol–water partition coefficient (Wildman–Crippen LogP) is 1.39. The molecule has 10 heteroatoms. The number of carboxylic acids is 1. The van der Waals surface area contributed by atoms with Gasteiger partial charge in [-0.1, -0.05) is 6.07 Å². The van der Waals surface area contributed by atoms with Gasteiger partial charge in [-0.2, -0.15) is 13.2 Å². The third kappa shape index (κ3) is 5.90. The highest BCUT2D eigenvalue weighted by Gasteiger charge is 2.45. The van der Waals surface area contributed by atoms with Crippen LogP contribution < -0.4 is 0 Å². The van der Waals surface area contributed by atoms with Gasteiger partial charge < -0.3 is 14.7 Å². The van der Waals surface area contributed by atoms with Crippen LogP contribution in [0.5, 0.6) is 0 Å². The first kappa shape index (κ1) is 21.1. The van der Waals surface area contributed by atoms with Gasteiger partial charge in [0.2, 0.25) is 5.91 Å². The van der Waals surface area contributed by atoms with Gasteiger partial charge in [-0.05, 0) is 18.1 Å². The summed E-state index contributed by atoms with van der Waals surface area (Å²) in [5.41, 5.74) is 1.21. The lowest BCUT2D eigenvalue weighted by Crippen LogP contribution is -2.44. The van der Waals surface area contributed by atoms with Gasteiger partial charge in [-0.25, -0.2) is 4.79 Å². The van der Waals surface area contributed by atoms with Gasteiger partial charge in [0.15, 0.2) is 0 Å². The van der Waals surface area contributed by atoms with Gasteiger partial charge in [0.25, 0.3) is 0 Å². The summed E-state index contributed by atoms with van der Waals surface area (Å²) in [6.07, 6.45) is -0.303. The first-order valence-corrected chi connectivity index (χ1v) is 8.36. The van der Waals surface area contributed by atoms with Crippen molar-refractivity contribution >= 4 is 11.9 Å². The van der Waals surface area contributed by atoms with Gasteiger partial charge in [0.1, 0.15) is 0 Å². The summed E-state index contributed by atoms with van der Waals surface area (Å²) in [5, 5.41) is 7.12. The number of pyridine rings is 1. The van der Waals surface area contributed by atoms with E-state index in [0.29, 0.717) is 0 Å². The Bertz CT molecular complexity index is 655. The number of amides is 1. The molecule has 3 atom stereocenters. The average Bonchev–Trinajstić information content (AvgIpc) is 2.89. The highest BCUT2D eigenvalue weighted by molar-refractivity contribution is 5.79. The van der Waals surface area contributed by atoms with Crippen LogP contribution in [0.3, 0.4) is 0 Å². The zero-order valence-electron chi connectivity index (χ0n) is 15.0. The fourth-order valence-electron chi connectivity index (χ4n) is 3.21. The summed E-state index contributed by atoms with van der Waals surface area (Å²) in [5.74, 6) is -2.54. The normalized spacial score (nSPS) is 24.7. The Balaban J connectivity index is 0.000000321. The second-order valence-electron chi connectivity index (χ2n) is 6.73. The SMILES string of the molecule is CN(C)C(=O)C1CC2CN(Cc3cccnc3)CC1O2.O=C(O)C(F)(F)F. The minimum absolute atomic E-state index is 0.0221. The van der Waals surface area contributed by atoms with E-state index in [1.807, 2.05) is 26.4 Å². The molecular weight excluding hydrogens is 367 g/mol. The number of carbonyl (C=O) groups excluding carboxylic acids is 1. The van der Waals surface area contributed by atoms with Gasteiger partial charge in [-0.3, -0.25) is 14.7 Å². The Hall–Kier alpha value is -2.20. The number of hydrogen-bond donors (Lipinski definition) is 1. The van der Waals surface area contributed by atoms with Crippen molar-refractivity contribution in [2.75, 3.05) is 27.2 Å². The van der Waals surface area contributed by atoms with Crippen molar-refractivity contribution in [2.45, 2.75) is 31.3 Å². The quantitative estimate of drug-likeness (QED) is 0.841. The fourth-order valence-corrected chi connectivity index (χ4v) is 3.21. The molecule has 2 aliphatic rings. The Morgan fingerprint density at radius 2 is 2.04 bits per heavy atom. The van der Waals surface area contributed by atoms with E-state index in [2.05, 4.69) is 16.0 Å². The van der Waals surface area contributed by atoms with Crippen LogP contribution in [0.25, 0.3) is 0 Å². The summed E-state index contributed by atoms with van der Waals surface area (Å²) >= 11 is 0. The molecule has 2 fully saturated rings. The lowest BCUT2D eigenvalue weighted by molar-refractivity contribution is -0.192. The monoisotopic (exact) mass is 389 g/mol. The van der Waals surface area contributed by atoms with Crippen molar-refractivity contribution < 1.29 is 32.6 Å². The summed E-state index contributed by atoms with van der Waals surface area (Å²) in [4.78, 5) is 29.3. The zero-order valence-corrected chi connectivity index (χ0v) is 15.0. The zero-order chi connectivity index (χ0) is 20.2. The molecule has 0 aromatic carbocycles. The number of fused-ring (bicyclic) bond motifs is 2. The van der Waals surface area contributed by atoms with Crippen LogP contribution in [0, 0.1) is 5.92 Å². The number of rotatable bonds is 3. The van der Waals surface area contributed by atoms with E-state index in [1.54, 1.807) is 11.1 Å². The van der Waals surface area contributed by atoms with E-state index < -0.39 is 12.1 Å². The molecule has 1 aromatic rings. The van der Waals surface area contributed by atoms with Crippen molar-refractivity contribution in [2.24, 2.45) is 5.92 Å². The molecule has 0 radical (unpaired) electrons. The highest BCUT2D eigenvalue weighted by Crippen LogP contribution is 2.33. The minimum atomic E-state index is -5.08. The number of carboxylic acid groups (broad SMARTS) is 1. The van der Waals surface area contributed by atoms with E-state index in [1.165, 1.54) is 5.56 Å². The molecule has 27 heavy (non-hydrogen) atoms. The molecule has 150 valence electrons. The van der Waals surface area contributed by atoms with Crippen molar-refractivity contribution in [3.05, 3.63) is 30.1 Å². The molecule has 2 bridgehead atoms. The number of nitrogens with zero attached hydrogens (tertiary/aromatic N) is 3. The molecule has 0 saturated carbocycles. The lowest BCUT2D eigenvalue weighted by Gasteiger charge is -2.32. The molecule has 1 aromatic heterocycles. The Kier molecular flexibility index (Phi) is 6.77. The smallest absolute Gasteiger partial charge is 0.475 e. The van der Waals surface area contributed by atoms with Crippen LogP contribution in [-0.2, 0) is 20.9 Å². The fraction of sp³-hybridized carbons (Fsp3) is 0.588. The molecule has 3 rings (SSSR count). The van der Waals surface area contributed by atoms with Crippen LogP contribution in [0.15, 0.2) is 24.5 Å². The maximum atomic E-state index is 12.2. The van der Waals surface area contributed by atoms with Gasteiger partial charge in [-0.15, -0.1) is 0 Å². The maximum Gasteiger partial charge on any atom is 0.490 e. The van der Waals surface area contributed by atoms with E-state index in [0.717, 1.165) is 26.1 Å². The maximum absolute atomic E-state index is 12.2. The van der Waals surface area contributed by atoms with E-state index in [4.69, 9.17) is 14.6 Å². The highest BCUT2D eigenvalue weighted by atomic mass is 19.4. The molecule has 7 nitrogen and oxygen atoms in total. The Labute approximate surface area is 154 Å². The Morgan fingerprint density at radius 3 is 2.56 bits per heavy atom. The van der Waals surface area contributed by atoms with Crippen molar-refractivity contribution in [1.29, 1.82) is 0 Å². The molecule has 0 spiro atoms. The van der Waals surface area contributed by atoms with Gasteiger partial charge in [0.05, 0.1) is 18.1 Å². The molecule has 1 N–H and O–H groups in total. The standard InChI is InChI=1S/C15H21N3O2.C2HF3O2/c1-17(2)15(19)13-6-12-9-18(10-14(13)20-12)8-11-4-3-5-16-7-11;3-2(4,5)1(6)7/h3-5,7,12-14H,6,8-10H2,1-2H3;(H,6,7). The summed E-state index contributed by atoms with van der Waals surface area (Å²) < 4.78 is 37.7. The van der Waals surface area contributed by atoms with E-state index in [-0.39, 0.29) is 24.0 Å². The third-order valence-electron chi connectivity index (χ3n) is 4.36. The van der Waals surface area contributed by atoms with E-state index in [9.17, 15) is 18.0 Å². The summed E-state index contributed by atoms with van der Waals surface area (Å²) in [6, 6.07) is 4.05. The van der Waals surface area contributed by atoms with Crippen LogP contribution in [0.4, 0.5) is 13.2 Å². The molecule has 1 amide bonds. The van der Waals surface area contributed by atoms with Crippen LogP contribution in [0.2, 0.25) is 0 Å². The number of aliphatic carboxylic acids is 1. The molecule has 2 aliphatic heterocycles. The minimum Gasteiger partial charge on any atom is -0.475 e. The van der Waals surface area contributed by atoms with Crippen LogP contribution >= 0.6 is 0 Å². The van der Waals surface area contributed by atoms with Crippen LogP contribution in [0.1, 0.15) is 12.0 Å². The topological polar surface area (TPSA) is 83.0 Å². The molecule has 0 aliphatic carbocycles. The summed E-state index contributed by atoms with van der Waals surface area (Å²) in [7, 11) is 3.63. The van der Waals surface area contributed by atoms with E-state index >= 15 is 0 Å². The average molecular weight is 389 g/mol. The molecular formula is C17H22F3N3O4. The summed E-state index contributed by atoms with van der Waals surface area (Å²) in [6.45, 7) is 2.62. The van der Waals surface area contributed by atoms with Crippen molar-refractivity contribution in [3.8, 4) is 0 Å². The number of carbonyl (C=O) groups is 2. The molecule has 3 unspecified atom stereocenters.